The van der Waals surface area contributed by atoms with Crippen molar-refractivity contribution in [2.45, 2.75) is 169 Å². The van der Waals surface area contributed by atoms with E-state index in [0.717, 1.165) is 51.4 Å². The first-order chi connectivity index (χ1) is 17.6. The fourth-order valence-corrected chi connectivity index (χ4v) is 5.01. The number of carbonyl (C=O) groups excluding carboxylic acids is 2. The molecule has 0 N–H and O–H groups in total. The summed E-state index contributed by atoms with van der Waals surface area (Å²) in [6.07, 6.45) is 25.9. The zero-order chi connectivity index (χ0) is 26.7. The molecule has 2 atom stereocenters. The van der Waals surface area contributed by atoms with E-state index in [0.29, 0.717) is 25.6 Å². The molecule has 0 aromatic heterocycles. The minimum Gasteiger partial charge on any atom is -0.466 e. The second kappa shape index (κ2) is 27.0. The third-order valence-electron chi connectivity index (χ3n) is 7.54. The maximum Gasteiger partial charge on any atom is 0.309 e. The highest BCUT2D eigenvalue weighted by molar-refractivity contribution is 5.72. The predicted molar refractivity (Wildman–Crippen MR) is 153 cm³/mol. The fraction of sp³-hybridized carbons (Fsp3) is 0.938. The smallest absolute Gasteiger partial charge is 0.309 e. The molecule has 4 nitrogen and oxygen atoms in total. The predicted octanol–water partition coefficient (Wildman–Crippen LogP) is 9.97. The van der Waals surface area contributed by atoms with Crippen LogP contribution in [0.4, 0.5) is 0 Å². The van der Waals surface area contributed by atoms with Crippen LogP contribution in [0.25, 0.3) is 0 Å². The third kappa shape index (κ3) is 21.1. The first-order valence-electron chi connectivity index (χ1n) is 15.9. The molecule has 0 fully saturated rings. The molecule has 0 aliphatic rings. The van der Waals surface area contributed by atoms with Crippen LogP contribution in [0.5, 0.6) is 0 Å². The van der Waals surface area contributed by atoms with Crippen LogP contribution >= 0.6 is 0 Å². The standard InChI is InChI=1S/C32H62O4/c1-5-9-27-35-31(33)26-24-22-20-18-16-14-12-11-13-15-17-19-21-23-25-29(7-3)30(8-4)32(34)36-28-10-6-2/h29-30H,5-28H2,1-4H3. The first kappa shape index (κ1) is 34.9. The lowest BCUT2D eigenvalue weighted by Crippen LogP contribution is -2.25. The molecule has 0 bridgehead atoms. The van der Waals surface area contributed by atoms with Crippen LogP contribution in [0, 0.1) is 11.8 Å². The Morgan fingerprint density at radius 2 is 0.972 bits per heavy atom. The van der Waals surface area contributed by atoms with Gasteiger partial charge in [0.15, 0.2) is 0 Å². The Bertz CT molecular complexity index is 491. The van der Waals surface area contributed by atoms with E-state index in [2.05, 4.69) is 27.7 Å². The van der Waals surface area contributed by atoms with Gasteiger partial charge in [-0.2, -0.15) is 0 Å². The number of hydrogen-bond acceptors (Lipinski definition) is 4. The molecule has 0 heterocycles. The molecule has 2 unspecified atom stereocenters. The summed E-state index contributed by atoms with van der Waals surface area (Å²) in [5.41, 5.74) is 0. The Morgan fingerprint density at radius 3 is 1.42 bits per heavy atom. The fourth-order valence-electron chi connectivity index (χ4n) is 5.01. The second-order valence-electron chi connectivity index (χ2n) is 10.8. The average molecular weight is 511 g/mol. The van der Waals surface area contributed by atoms with E-state index >= 15 is 0 Å². The average Bonchev–Trinajstić information content (AvgIpc) is 2.88. The minimum atomic E-state index is -0.0153. The van der Waals surface area contributed by atoms with E-state index in [1.807, 2.05) is 0 Å². The van der Waals surface area contributed by atoms with E-state index in [9.17, 15) is 9.59 Å². The summed E-state index contributed by atoms with van der Waals surface area (Å²) in [7, 11) is 0. The Balaban J connectivity index is 3.52. The van der Waals surface area contributed by atoms with Gasteiger partial charge in [0, 0.05) is 6.42 Å². The molecule has 0 rings (SSSR count). The normalized spacial score (nSPS) is 12.9. The number of esters is 2. The van der Waals surface area contributed by atoms with Crippen molar-refractivity contribution in [2.75, 3.05) is 13.2 Å². The zero-order valence-electron chi connectivity index (χ0n) is 24.8. The van der Waals surface area contributed by atoms with Crippen molar-refractivity contribution in [2.24, 2.45) is 11.8 Å². The Kier molecular flexibility index (Phi) is 26.2. The van der Waals surface area contributed by atoms with Crippen LogP contribution in [-0.2, 0) is 19.1 Å². The summed E-state index contributed by atoms with van der Waals surface area (Å²) < 4.78 is 10.7. The summed E-state index contributed by atoms with van der Waals surface area (Å²) in [6.45, 7) is 9.77. The Morgan fingerprint density at radius 1 is 0.528 bits per heavy atom. The van der Waals surface area contributed by atoms with Gasteiger partial charge in [-0.15, -0.1) is 0 Å². The maximum atomic E-state index is 12.4. The van der Waals surface area contributed by atoms with Crippen molar-refractivity contribution in [3.05, 3.63) is 0 Å². The molecule has 0 aliphatic heterocycles. The lowest BCUT2D eigenvalue weighted by Gasteiger charge is -2.23. The van der Waals surface area contributed by atoms with Gasteiger partial charge in [-0.05, 0) is 38.0 Å². The van der Waals surface area contributed by atoms with Gasteiger partial charge in [0.1, 0.15) is 0 Å². The molecular weight excluding hydrogens is 448 g/mol. The van der Waals surface area contributed by atoms with Gasteiger partial charge in [0.25, 0.3) is 0 Å². The van der Waals surface area contributed by atoms with E-state index in [-0.39, 0.29) is 17.9 Å². The van der Waals surface area contributed by atoms with E-state index in [1.54, 1.807) is 0 Å². The number of ether oxygens (including phenoxy) is 2. The Hall–Kier alpha value is -1.06. The van der Waals surface area contributed by atoms with E-state index < -0.39 is 0 Å². The van der Waals surface area contributed by atoms with Crippen molar-refractivity contribution < 1.29 is 19.1 Å². The molecular formula is C32H62O4. The van der Waals surface area contributed by atoms with Crippen LogP contribution in [0.15, 0.2) is 0 Å². The van der Waals surface area contributed by atoms with Gasteiger partial charge < -0.3 is 9.47 Å². The first-order valence-corrected chi connectivity index (χ1v) is 15.9. The molecule has 214 valence electrons. The second-order valence-corrected chi connectivity index (χ2v) is 10.8. The van der Waals surface area contributed by atoms with Gasteiger partial charge in [-0.3, -0.25) is 9.59 Å². The van der Waals surface area contributed by atoms with Crippen LogP contribution < -0.4 is 0 Å². The molecule has 0 aliphatic carbocycles. The number of rotatable bonds is 27. The summed E-state index contributed by atoms with van der Waals surface area (Å²) in [6, 6.07) is 0. The third-order valence-corrected chi connectivity index (χ3v) is 7.54. The molecule has 4 heteroatoms. The van der Waals surface area contributed by atoms with Crippen LogP contribution in [0.1, 0.15) is 169 Å². The summed E-state index contributed by atoms with van der Waals surface area (Å²) >= 11 is 0. The van der Waals surface area contributed by atoms with Gasteiger partial charge in [-0.25, -0.2) is 0 Å². The largest absolute Gasteiger partial charge is 0.466 e. The van der Waals surface area contributed by atoms with Gasteiger partial charge >= 0.3 is 11.9 Å². The number of unbranched alkanes of at least 4 members (excludes halogenated alkanes) is 15. The topological polar surface area (TPSA) is 52.6 Å². The number of carbonyl (C=O) groups is 2. The van der Waals surface area contributed by atoms with Crippen molar-refractivity contribution in [3.63, 3.8) is 0 Å². The lowest BCUT2D eigenvalue weighted by molar-refractivity contribution is -0.151. The summed E-state index contributed by atoms with van der Waals surface area (Å²) in [4.78, 5) is 24.0. The highest BCUT2D eigenvalue weighted by atomic mass is 16.5. The molecule has 0 radical (unpaired) electrons. The monoisotopic (exact) mass is 510 g/mol. The SMILES string of the molecule is CCCCOC(=O)CCCCCCCCCCCCCCCCC(CC)C(CC)C(=O)OCCCC. The van der Waals surface area contributed by atoms with Gasteiger partial charge in [0.05, 0.1) is 19.1 Å². The highest BCUT2D eigenvalue weighted by Crippen LogP contribution is 2.27. The molecule has 0 spiro atoms. The highest BCUT2D eigenvalue weighted by Gasteiger charge is 2.26. The Labute approximate surface area is 225 Å². The quantitative estimate of drug-likeness (QED) is 0.0814. The minimum absolute atomic E-state index is 0.0153. The number of hydrogen-bond donors (Lipinski definition) is 0. The summed E-state index contributed by atoms with van der Waals surface area (Å²) in [5, 5.41) is 0. The van der Waals surface area contributed by atoms with Crippen LogP contribution in [0.3, 0.4) is 0 Å². The van der Waals surface area contributed by atoms with Crippen molar-refractivity contribution in [1.82, 2.24) is 0 Å². The zero-order valence-corrected chi connectivity index (χ0v) is 24.8. The molecule has 0 aromatic carbocycles. The van der Waals surface area contributed by atoms with Crippen molar-refractivity contribution >= 4 is 11.9 Å². The molecule has 0 amide bonds. The molecule has 0 saturated heterocycles. The van der Waals surface area contributed by atoms with Crippen LogP contribution in [-0.4, -0.2) is 25.2 Å². The maximum absolute atomic E-state index is 12.4. The van der Waals surface area contributed by atoms with Crippen molar-refractivity contribution in [3.8, 4) is 0 Å². The molecule has 0 aromatic rings. The molecule has 36 heavy (non-hydrogen) atoms. The van der Waals surface area contributed by atoms with Gasteiger partial charge in [0.2, 0.25) is 0 Å². The van der Waals surface area contributed by atoms with Crippen LogP contribution in [0.2, 0.25) is 0 Å². The molecule has 0 saturated carbocycles. The lowest BCUT2D eigenvalue weighted by atomic mass is 9.84. The summed E-state index contributed by atoms with van der Waals surface area (Å²) in [5.74, 6) is 0.596. The van der Waals surface area contributed by atoms with E-state index in [1.165, 1.54) is 83.5 Å². The van der Waals surface area contributed by atoms with E-state index in [4.69, 9.17) is 9.47 Å². The van der Waals surface area contributed by atoms with Crippen molar-refractivity contribution in [1.29, 1.82) is 0 Å². The van der Waals surface area contributed by atoms with Gasteiger partial charge in [-0.1, -0.05) is 130 Å².